The van der Waals surface area contributed by atoms with Crippen LogP contribution in [0.1, 0.15) is 16.3 Å². The summed E-state index contributed by atoms with van der Waals surface area (Å²) in [6, 6.07) is 5.64. The number of rotatable bonds is 5. The summed E-state index contributed by atoms with van der Waals surface area (Å²) in [6.45, 7) is -0.566. The smallest absolute Gasteiger partial charge is 0.292 e. The number of carbonyl (C=O) groups excluding carboxylic acids is 1. The lowest BCUT2D eigenvalue weighted by molar-refractivity contribution is 0.0992. The molecular weight excluding hydrogens is 392 g/mol. The number of aromatic nitrogens is 1. The van der Waals surface area contributed by atoms with Gasteiger partial charge in [-0.05, 0) is 24.3 Å². The number of nitrogens with zero attached hydrogens (tertiary/aromatic N) is 1. The molecule has 0 saturated carbocycles. The molecule has 2 aromatic heterocycles. The lowest BCUT2D eigenvalue weighted by Crippen LogP contribution is -2.11. The van der Waals surface area contributed by atoms with Gasteiger partial charge in [-0.15, -0.1) is 0 Å². The molecule has 0 spiro atoms. The second kappa shape index (κ2) is 7.67. The second-order valence-corrected chi connectivity index (χ2v) is 5.60. The average molecular weight is 401 g/mol. The van der Waals surface area contributed by atoms with E-state index >= 15 is 0 Å². The van der Waals surface area contributed by atoms with E-state index in [1.165, 1.54) is 30.5 Å². The lowest BCUT2D eigenvalue weighted by atomic mass is 10.3. The molecule has 0 bridgehead atoms. The van der Waals surface area contributed by atoms with Gasteiger partial charge in [0, 0.05) is 12.3 Å². The van der Waals surface area contributed by atoms with Crippen molar-refractivity contribution in [2.24, 2.45) is 0 Å². The van der Waals surface area contributed by atoms with Crippen molar-refractivity contribution in [3.63, 3.8) is 0 Å². The summed E-state index contributed by atoms with van der Waals surface area (Å²) in [5.41, 5.74) is 0. The van der Waals surface area contributed by atoms with Crippen molar-refractivity contribution in [3.05, 3.63) is 76.3 Å². The van der Waals surface area contributed by atoms with Gasteiger partial charge in [-0.1, -0.05) is 11.6 Å². The molecule has 0 atom stereocenters. The maximum absolute atomic E-state index is 13.5. The van der Waals surface area contributed by atoms with Crippen molar-refractivity contribution >= 4 is 23.3 Å². The maximum atomic E-state index is 13.5. The van der Waals surface area contributed by atoms with Crippen LogP contribution in [0.3, 0.4) is 0 Å². The molecule has 0 unspecified atom stereocenters. The fourth-order valence-corrected chi connectivity index (χ4v) is 2.14. The molecule has 0 radical (unpaired) electrons. The van der Waals surface area contributed by atoms with Gasteiger partial charge in [0.05, 0.1) is 5.02 Å². The Morgan fingerprint density at radius 2 is 1.81 bits per heavy atom. The normalized spacial score (nSPS) is 10.7. The van der Waals surface area contributed by atoms with Crippen LogP contribution < -0.4 is 10.1 Å². The van der Waals surface area contributed by atoms with Gasteiger partial charge in [0.1, 0.15) is 18.2 Å². The molecule has 0 saturated heterocycles. The highest BCUT2D eigenvalue weighted by Crippen LogP contribution is 2.27. The molecule has 0 aliphatic heterocycles. The third-order valence-corrected chi connectivity index (χ3v) is 3.51. The van der Waals surface area contributed by atoms with Crippen molar-refractivity contribution in [1.29, 1.82) is 0 Å². The molecule has 0 aliphatic rings. The van der Waals surface area contributed by atoms with Gasteiger partial charge in [0.2, 0.25) is 11.6 Å². The molecule has 3 rings (SSSR count). The topological polar surface area (TPSA) is 64.4 Å². The summed E-state index contributed by atoms with van der Waals surface area (Å²) in [5.74, 6) is -8.34. The van der Waals surface area contributed by atoms with Crippen LogP contribution in [0.2, 0.25) is 5.02 Å². The second-order valence-electron chi connectivity index (χ2n) is 5.17. The van der Waals surface area contributed by atoms with Gasteiger partial charge in [0.15, 0.2) is 23.1 Å². The lowest BCUT2D eigenvalue weighted by Gasteiger charge is -2.08. The predicted octanol–water partition coefficient (Wildman–Crippen LogP) is 4.72. The zero-order valence-electron chi connectivity index (χ0n) is 13.2. The minimum Gasteiger partial charge on any atom is -0.479 e. The third-order valence-electron chi connectivity index (χ3n) is 3.28. The molecule has 1 aromatic carbocycles. The minimum absolute atomic E-state index is 0.00677. The van der Waals surface area contributed by atoms with E-state index < -0.39 is 41.5 Å². The highest BCUT2D eigenvalue weighted by atomic mass is 35.5. The summed E-state index contributed by atoms with van der Waals surface area (Å²) < 4.78 is 63.3. The first-order valence-electron chi connectivity index (χ1n) is 7.32. The van der Waals surface area contributed by atoms with E-state index in [0.29, 0.717) is 5.02 Å². The molecule has 27 heavy (non-hydrogen) atoms. The van der Waals surface area contributed by atoms with Gasteiger partial charge < -0.3 is 14.5 Å². The molecule has 140 valence electrons. The standard InChI is InChI=1S/C17H9ClF4N2O3/c18-8-1-4-13(23-6-8)24-17(25)12-3-2-9(27-12)7-26-16-14(21)10(19)5-11(20)15(16)22/h1-6H,7H2,(H,23,24,25). The van der Waals surface area contributed by atoms with E-state index in [0.717, 1.165) is 0 Å². The number of amides is 1. The summed E-state index contributed by atoms with van der Waals surface area (Å²) in [5, 5.41) is 2.83. The summed E-state index contributed by atoms with van der Waals surface area (Å²) >= 11 is 5.69. The zero-order valence-corrected chi connectivity index (χ0v) is 14.0. The van der Waals surface area contributed by atoms with Gasteiger partial charge in [-0.3, -0.25) is 4.79 Å². The van der Waals surface area contributed by atoms with Gasteiger partial charge in [-0.2, -0.15) is 8.78 Å². The van der Waals surface area contributed by atoms with Crippen LogP contribution in [0.4, 0.5) is 23.4 Å². The Hall–Kier alpha value is -3.07. The quantitative estimate of drug-likeness (QED) is 0.497. The Kier molecular flexibility index (Phi) is 5.31. The summed E-state index contributed by atoms with van der Waals surface area (Å²) in [7, 11) is 0. The number of benzene rings is 1. The first-order chi connectivity index (χ1) is 12.8. The van der Waals surface area contributed by atoms with E-state index in [9.17, 15) is 22.4 Å². The average Bonchev–Trinajstić information content (AvgIpc) is 3.11. The van der Waals surface area contributed by atoms with Crippen LogP contribution in [0.15, 0.2) is 40.9 Å². The van der Waals surface area contributed by atoms with Crippen LogP contribution in [0, 0.1) is 23.3 Å². The van der Waals surface area contributed by atoms with E-state index in [1.54, 1.807) is 0 Å². The van der Waals surface area contributed by atoms with Crippen LogP contribution in [-0.4, -0.2) is 10.9 Å². The van der Waals surface area contributed by atoms with Gasteiger partial charge >= 0.3 is 0 Å². The maximum Gasteiger partial charge on any atom is 0.292 e. The third kappa shape index (κ3) is 4.20. The molecule has 1 amide bonds. The monoisotopic (exact) mass is 400 g/mol. The fraction of sp³-hybridized carbons (Fsp3) is 0.0588. The summed E-state index contributed by atoms with van der Waals surface area (Å²) in [6.07, 6.45) is 1.33. The van der Waals surface area contributed by atoms with Crippen LogP contribution in [0.25, 0.3) is 0 Å². The number of halogens is 5. The van der Waals surface area contributed by atoms with E-state index in [-0.39, 0.29) is 23.4 Å². The van der Waals surface area contributed by atoms with Crippen molar-refractivity contribution in [1.82, 2.24) is 4.98 Å². The molecule has 5 nitrogen and oxygen atoms in total. The Morgan fingerprint density at radius 3 is 2.44 bits per heavy atom. The molecule has 3 aromatic rings. The molecular formula is C17H9ClF4N2O3. The number of pyridine rings is 1. The Morgan fingerprint density at radius 1 is 1.11 bits per heavy atom. The Bertz CT molecular complexity index is 966. The number of ether oxygens (including phenoxy) is 1. The Labute approximate surface area is 154 Å². The van der Waals surface area contributed by atoms with Crippen molar-refractivity contribution < 1.29 is 31.5 Å². The van der Waals surface area contributed by atoms with Crippen LogP contribution in [0.5, 0.6) is 5.75 Å². The fourth-order valence-electron chi connectivity index (χ4n) is 2.03. The van der Waals surface area contributed by atoms with Crippen LogP contribution in [-0.2, 0) is 6.61 Å². The van der Waals surface area contributed by atoms with E-state index in [2.05, 4.69) is 10.3 Å². The minimum atomic E-state index is -1.67. The first kappa shape index (κ1) is 18.7. The molecule has 2 heterocycles. The first-order valence-corrected chi connectivity index (χ1v) is 7.70. The highest BCUT2D eigenvalue weighted by molar-refractivity contribution is 6.30. The van der Waals surface area contributed by atoms with Gasteiger partial charge in [0.25, 0.3) is 5.91 Å². The number of furan rings is 1. The van der Waals surface area contributed by atoms with Crippen molar-refractivity contribution in [3.8, 4) is 5.75 Å². The van der Waals surface area contributed by atoms with Gasteiger partial charge in [-0.25, -0.2) is 13.8 Å². The van der Waals surface area contributed by atoms with E-state index in [4.69, 9.17) is 20.8 Å². The van der Waals surface area contributed by atoms with Crippen molar-refractivity contribution in [2.75, 3.05) is 5.32 Å². The number of hydrogen-bond acceptors (Lipinski definition) is 4. The summed E-state index contributed by atoms with van der Waals surface area (Å²) in [4.78, 5) is 15.9. The predicted molar refractivity (Wildman–Crippen MR) is 86.5 cm³/mol. The number of hydrogen-bond donors (Lipinski definition) is 1. The molecule has 10 heteroatoms. The molecule has 0 fully saturated rings. The van der Waals surface area contributed by atoms with Crippen molar-refractivity contribution in [2.45, 2.75) is 6.61 Å². The molecule has 1 N–H and O–H groups in total. The SMILES string of the molecule is O=C(Nc1ccc(Cl)cn1)c1ccc(COc2c(F)c(F)cc(F)c2F)o1. The van der Waals surface area contributed by atoms with E-state index in [1.807, 2.05) is 0 Å². The number of nitrogens with one attached hydrogen (secondary N) is 1. The van der Waals surface area contributed by atoms with Crippen LogP contribution >= 0.6 is 11.6 Å². The number of carbonyl (C=O) groups is 1. The zero-order chi connectivity index (χ0) is 19.6. The largest absolute Gasteiger partial charge is 0.479 e. The highest BCUT2D eigenvalue weighted by Gasteiger charge is 2.21. The Balaban J connectivity index is 1.68. The molecule has 0 aliphatic carbocycles. The number of anilines is 1.